The lowest BCUT2D eigenvalue weighted by atomic mass is 9.97. The number of benzene rings is 1. The van der Waals surface area contributed by atoms with Crippen molar-refractivity contribution in [1.29, 1.82) is 0 Å². The van der Waals surface area contributed by atoms with Gasteiger partial charge in [-0.15, -0.1) is 0 Å². The largest absolute Gasteiger partial charge is 0.384 e. The average Bonchev–Trinajstić information content (AvgIpc) is 3.20. The predicted molar refractivity (Wildman–Crippen MR) is 127 cm³/mol. The summed E-state index contributed by atoms with van der Waals surface area (Å²) in [5, 5.41) is 4.75. The van der Waals surface area contributed by atoms with Gasteiger partial charge >= 0.3 is 0 Å². The van der Waals surface area contributed by atoms with Crippen LogP contribution in [0.1, 0.15) is 39.5 Å². The van der Waals surface area contributed by atoms with Crippen LogP contribution in [0.2, 0.25) is 0 Å². The Hall–Kier alpha value is -3.21. The molecular weight excluding hydrogens is 387 g/mol. The maximum Gasteiger partial charge on any atom is 0.140 e. The number of hydrogen-bond acceptors (Lipinski definition) is 3. The SMILES string of the molecule is CCCC[C@@H](CC)CNc1ccnc2[nH]c(-c3ccc(F)cc3)c(-c3ccncc3)c12. The first-order valence-electron chi connectivity index (χ1n) is 11.1. The van der Waals surface area contributed by atoms with Crippen LogP contribution >= 0.6 is 0 Å². The van der Waals surface area contributed by atoms with E-state index in [1.54, 1.807) is 24.5 Å². The number of nitrogens with one attached hydrogen (secondary N) is 2. The normalized spacial score (nSPS) is 12.2. The Morgan fingerprint density at radius 3 is 2.45 bits per heavy atom. The molecule has 1 aromatic carbocycles. The minimum atomic E-state index is -0.247. The number of hydrogen-bond donors (Lipinski definition) is 2. The van der Waals surface area contributed by atoms with E-state index in [-0.39, 0.29) is 5.82 Å². The molecule has 31 heavy (non-hydrogen) atoms. The fraction of sp³-hybridized carbons (Fsp3) is 0.308. The standard InChI is InChI=1S/C26H29FN4/c1-3-5-6-18(4-2)17-30-22-13-16-29-26-24(22)23(19-11-14-28-15-12-19)25(31-26)20-7-9-21(27)10-8-20/h7-16,18H,3-6,17H2,1-2H3,(H2,29,30,31)/t18-/m1/s1. The van der Waals surface area contributed by atoms with Crippen LogP contribution in [0.3, 0.4) is 0 Å². The molecule has 3 heterocycles. The van der Waals surface area contributed by atoms with Crippen LogP contribution in [0.15, 0.2) is 61.1 Å². The van der Waals surface area contributed by atoms with Crippen LogP contribution in [-0.4, -0.2) is 21.5 Å². The lowest BCUT2D eigenvalue weighted by molar-refractivity contribution is 0.473. The van der Waals surface area contributed by atoms with E-state index >= 15 is 0 Å². The highest BCUT2D eigenvalue weighted by molar-refractivity contribution is 6.08. The van der Waals surface area contributed by atoms with Gasteiger partial charge < -0.3 is 10.3 Å². The Balaban J connectivity index is 1.81. The van der Waals surface area contributed by atoms with Gasteiger partial charge in [-0.1, -0.05) is 33.1 Å². The Labute approximate surface area is 183 Å². The van der Waals surface area contributed by atoms with E-state index in [1.165, 1.54) is 31.4 Å². The first kappa shape index (κ1) is 21.0. The summed E-state index contributed by atoms with van der Waals surface area (Å²) < 4.78 is 13.6. The Morgan fingerprint density at radius 2 is 1.74 bits per heavy atom. The summed E-state index contributed by atoms with van der Waals surface area (Å²) in [4.78, 5) is 12.3. The van der Waals surface area contributed by atoms with Crippen molar-refractivity contribution in [2.45, 2.75) is 39.5 Å². The van der Waals surface area contributed by atoms with Gasteiger partial charge in [-0.2, -0.15) is 0 Å². The molecule has 1 atom stereocenters. The fourth-order valence-electron chi connectivity index (χ4n) is 4.10. The minimum absolute atomic E-state index is 0.247. The predicted octanol–water partition coefficient (Wildman–Crippen LogP) is 7.06. The molecule has 0 aliphatic rings. The molecule has 4 aromatic rings. The number of H-pyrrole nitrogens is 1. The lowest BCUT2D eigenvalue weighted by Crippen LogP contribution is -2.14. The molecule has 2 N–H and O–H groups in total. The number of nitrogens with zero attached hydrogens (tertiary/aromatic N) is 2. The van der Waals surface area contributed by atoms with E-state index in [2.05, 4.69) is 34.1 Å². The molecule has 0 aliphatic carbocycles. The van der Waals surface area contributed by atoms with Gasteiger partial charge in [0.15, 0.2) is 0 Å². The van der Waals surface area contributed by atoms with Crippen molar-refractivity contribution in [2.75, 3.05) is 11.9 Å². The molecule has 0 fully saturated rings. The molecule has 0 bridgehead atoms. The van der Waals surface area contributed by atoms with Crippen LogP contribution < -0.4 is 5.32 Å². The third-order valence-electron chi connectivity index (χ3n) is 5.92. The average molecular weight is 417 g/mol. The summed E-state index contributed by atoms with van der Waals surface area (Å²) in [5.74, 6) is 0.395. The van der Waals surface area contributed by atoms with E-state index in [4.69, 9.17) is 0 Å². The smallest absolute Gasteiger partial charge is 0.140 e. The topological polar surface area (TPSA) is 53.6 Å². The molecule has 160 valence electrons. The van der Waals surface area contributed by atoms with Crippen molar-refractivity contribution < 1.29 is 4.39 Å². The summed E-state index contributed by atoms with van der Waals surface area (Å²) in [6.07, 6.45) is 10.3. The molecule has 5 heteroatoms. The fourth-order valence-corrected chi connectivity index (χ4v) is 4.10. The van der Waals surface area contributed by atoms with Gasteiger partial charge in [-0.05, 0) is 65.9 Å². The zero-order valence-electron chi connectivity index (χ0n) is 18.2. The number of anilines is 1. The van der Waals surface area contributed by atoms with Crippen molar-refractivity contribution in [3.63, 3.8) is 0 Å². The van der Waals surface area contributed by atoms with E-state index in [0.29, 0.717) is 5.92 Å². The van der Waals surface area contributed by atoms with E-state index < -0.39 is 0 Å². The van der Waals surface area contributed by atoms with Crippen molar-refractivity contribution in [2.24, 2.45) is 5.92 Å². The third-order valence-corrected chi connectivity index (χ3v) is 5.92. The molecule has 0 saturated heterocycles. The number of rotatable bonds is 9. The van der Waals surface area contributed by atoms with Crippen molar-refractivity contribution in [1.82, 2.24) is 15.0 Å². The molecular formula is C26H29FN4. The molecule has 0 amide bonds. The Kier molecular flexibility index (Phi) is 6.60. The zero-order valence-corrected chi connectivity index (χ0v) is 18.2. The number of unbranched alkanes of at least 4 members (excludes halogenated alkanes) is 1. The molecule has 0 spiro atoms. The second kappa shape index (κ2) is 9.73. The van der Waals surface area contributed by atoms with Crippen molar-refractivity contribution >= 4 is 16.7 Å². The minimum Gasteiger partial charge on any atom is -0.384 e. The molecule has 4 rings (SSSR count). The second-order valence-electron chi connectivity index (χ2n) is 8.00. The quantitative estimate of drug-likeness (QED) is 0.307. The van der Waals surface area contributed by atoms with Gasteiger partial charge in [0.25, 0.3) is 0 Å². The first-order valence-corrected chi connectivity index (χ1v) is 11.1. The van der Waals surface area contributed by atoms with Crippen LogP contribution in [0.4, 0.5) is 10.1 Å². The third kappa shape index (κ3) is 4.61. The molecule has 3 aromatic heterocycles. The molecule has 0 unspecified atom stereocenters. The summed E-state index contributed by atoms with van der Waals surface area (Å²) in [5.41, 5.74) is 5.84. The van der Waals surface area contributed by atoms with Crippen LogP contribution in [0.25, 0.3) is 33.4 Å². The monoisotopic (exact) mass is 416 g/mol. The number of aromatic amines is 1. The molecule has 0 aliphatic heterocycles. The van der Waals surface area contributed by atoms with Crippen molar-refractivity contribution in [3.8, 4) is 22.4 Å². The second-order valence-corrected chi connectivity index (χ2v) is 8.00. The van der Waals surface area contributed by atoms with Gasteiger partial charge in [0.05, 0.1) is 11.1 Å². The first-order chi connectivity index (χ1) is 15.2. The number of pyridine rings is 2. The van der Waals surface area contributed by atoms with Gasteiger partial charge in [-0.3, -0.25) is 4.98 Å². The molecule has 4 nitrogen and oxygen atoms in total. The van der Waals surface area contributed by atoms with Gasteiger partial charge in [0, 0.05) is 36.4 Å². The van der Waals surface area contributed by atoms with E-state index in [1.807, 2.05) is 24.4 Å². The Morgan fingerprint density at radius 1 is 0.968 bits per heavy atom. The highest BCUT2D eigenvalue weighted by Crippen LogP contribution is 2.40. The van der Waals surface area contributed by atoms with E-state index in [9.17, 15) is 4.39 Å². The van der Waals surface area contributed by atoms with Gasteiger partial charge in [0.1, 0.15) is 11.5 Å². The van der Waals surface area contributed by atoms with Crippen LogP contribution in [0.5, 0.6) is 0 Å². The maximum atomic E-state index is 13.6. The molecule has 0 radical (unpaired) electrons. The summed E-state index contributed by atoms with van der Waals surface area (Å²) in [6.45, 7) is 5.43. The summed E-state index contributed by atoms with van der Waals surface area (Å²) in [7, 11) is 0. The number of fused-ring (bicyclic) bond motifs is 1. The van der Waals surface area contributed by atoms with Crippen LogP contribution in [0, 0.1) is 11.7 Å². The lowest BCUT2D eigenvalue weighted by Gasteiger charge is -2.17. The van der Waals surface area contributed by atoms with Gasteiger partial charge in [0.2, 0.25) is 0 Å². The Bertz CT molecular complexity index is 1120. The van der Waals surface area contributed by atoms with Gasteiger partial charge in [-0.25, -0.2) is 9.37 Å². The summed E-state index contributed by atoms with van der Waals surface area (Å²) >= 11 is 0. The zero-order chi connectivity index (χ0) is 21.6. The van der Waals surface area contributed by atoms with Crippen LogP contribution in [-0.2, 0) is 0 Å². The number of aromatic nitrogens is 3. The highest BCUT2D eigenvalue weighted by atomic mass is 19.1. The highest BCUT2D eigenvalue weighted by Gasteiger charge is 2.19. The van der Waals surface area contributed by atoms with Crippen molar-refractivity contribution in [3.05, 3.63) is 66.9 Å². The molecule has 0 saturated carbocycles. The number of halogens is 1. The van der Waals surface area contributed by atoms with E-state index in [0.717, 1.165) is 52.1 Å². The maximum absolute atomic E-state index is 13.6. The summed E-state index contributed by atoms with van der Waals surface area (Å²) in [6, 6.07) is 12.6.